The van der Waals surface area contributed by atoms with Crippen LogP contribution in [0.1, 0.15) is 40.0 Å². The van der Waals surface area contributed by atoms with Crippen molar-refractivity contribution >= 4 is 42.4 Å². The van der Waals surface area contributed by atoms with Gasteiger partial charge in [-0.2, -0.15) is 0 Å². The number of rotatable bonds is 3. The number of ether oxygens (including phenoxy) is 1. The molecule has 0 spiro atoms. The molecule has 0 aromatic carbocycles. The minimum Gasteiger partial charge on any atom is -0.444 e. The zero-order valence-electron chi connectivity index (χ0n) is 14.4. The Morgan fingerprint density at radius 3 is 2.62 bits per heavy atom. The normalized spacial score (nSPS) is 17.5. The summed E-state index contributed by atoms with van der Waals surface area (Å²) in [5.74, 6) is 0.488. The lowest BCUT2D eigenvalue weighted by Crippen LogP contribution is -2.27. The summed E-state index contributed by atoms with van der Waals surface area (Å²) in [7, 11) is 0. The molecule has 1 aliphatic rings. The Balaban J connectivity index is 0.00000264. The van der Waals surface area contributed by atoms with E-state index >= 15 is 0 Å². The highest BCUT2D eigenvalue weighted by atomic mass is 35.5. The van der Waals surface area contributed by atoms with Crippen LogP contribution in [-0.2, 0) is 4.74 Å². The van der Waals surface area contributed by atoms with Crippen LogP contribution in [0.25, 0.3) is 0 Å². The van der Waals surface area contributed by atoms with E-state index < -0.39 is 11.7 Å². The zero-order valence-corrected chi connectivity index (χ0v) is 16.1. The van der Waals surface area contributed by atoms with Gasteiger partial charge in [0, 0.05) is 6.04 Å². The minimum absolute atomic E-state index is 0. The molecular formula is C16H28Cl2N4O2. The van der Waals surface area contributed by atoms with Gasteiger partial charge in [0.05, 0.1) is 11.9 Å². The summed E-state index contributed by atoms with van der Waals surface area (Å²) < 4.78 is 5.19. The largest absolute Gasteiger partial charge is 0.444 e. The van der Waals surface area contributed by atoms with Crippen molar-refractivity contribution in [1.29, 1.82) is 0 Å². The van der Waals surface area contributed by atoms with E-state index in [-0.39, 0.29) is 24.8 Å². The fraction of sp³-hybridized carbons (Fsp3) is 0.625. The Morgan fingerprint density at radius 1 is 1.25 bits per heavy atom. The second kappa shape index (κ2) is 10.6. The van der Waals surface area contributed by atoms with Gasteiger partial charge in [-0.1, -0.05) is 0 Å². The number of nitrogens with one attached hydrogen (secondary N) is 3. The molecule has 1 fully saturated rings. The van der Waals surface area contributed by atoms with E-state index in [1.165, 1.54) is 6.42 Å². The number of hydrogen-bond donors (Lipinski definition) is 3. The SMILES string of the molecule is CC(C)(C)OC(=O)Nc1ccc(NC2CCCNCC2)cn1.Cl.Cl. The third-order valence-corrected chi connectivity index (χ3v) is 3.34. The van der Waals surface area contributed by atoms with Crippen LogP contribution in [0.15, 0.2) is 18.3 Å². The summed E-state index contributed by atoms with van der Waals surface area (Å²) in [6, 6.07) is 4.18. The van der Waals surface area contributed by atoms with Crippen LogP contribution >= 0.6 is 24.8 Å². The van der Waals surface area contributed by atoms with Crippen LogP contribution < -0.4 is 16.0 Å². The Morgan fingerprint density at radius 2 is 2.00 bits per heavy atom. The molecule has 1 aliphatic heterocycles. The predicted octanol–water partition coefficient (Wildman–Crippen LogP) is 3.83. The average Bonchev–Trinajstić information content (AvgIpc) is 2.67. The molecule has 1 amide bonds. The van der Waals surface area contributed by atoms with Crippen LogP contribution in [0.5, 0.6) is 0 Å². The lowest BCUT2D eigenvalue weighted by molar-refractivity contribution is 0.0635. The van der Waals surface area contributed by atoms with Crippen LogP contribution in [0.3, 0.4) is 0 Å². The van der Waals surface area contributed by atoms with Crippen LogP contribution in [0.4, 0.5) is 16.3 Å². The van der Waals surface area contributed by atoms with E-state index in [1.807, 2.05) is 26.8 Å². The second-order valence-corrected chi connectivity index (χ2v) is 6.58. The van der Waals surface area contributed by atoms with Crippen LogP contribution in [0.2, 0.25) is 0 Å². The molecule has 1 atom stereocenters. The molecular weight excluding hydrogens is 351 g/mol. The monoisotopic (exact) mass is 378 g/mol. The highest BCUT2D eigenvalue weighted by Crippen LogP contribution is 2.16. The van der Waals surface area contributed by atoms with Gasteiger partial charge < -0.3 is 15.4 Å². The van der Waals surface area contributed by atoms with E-state index in [2.05, 4.69) is 20.9 Å². The zero-order chi connectivity index (χ0) is 16.0. The fourth-order valence-electron chi connectivity index (χ4n) is 2.36. The Hall–Kier alpha value is -1.24. The lowest BCUT2D eigenvalue weighted by atomic mass is 10.1. The summed E-state index contributed by atoms with van der Waals surface area (Å²) in [4.78, 5) is 15.9. The van der Waals surface area contributed by atoms with Crippen molar-refractivity contribution in [3.63, 3.8) is 0 Å². The molecule has 1 aromatic heterocycles. The van der Waals surface area contributed by atoms with Crippen molar-refractivity contribution < 1.29 is 9.53 Å². The molecule has 1 saturated heterocycles. The molecule has 24 heavy (non-hydrogen) atoms. The van der Waals surface area contributed by atoms with Gasteiger partial charge in [0.1, 0.15) is 11.4 Å². The summed E-state index contributed by atoms with van der Waals surface area (Å²) in [6.45, 7) is 7.62. The molecule has 3 N–H and O–H groups in total. The molecule has 0 aliphatic carbocycles. The molecule has 6 nitrogen and oxygen atoms in total. The van der Waals surface area contributed by atoms with Crippen LogP contribution in [-0.4, -0.2) is 35.8 Å². The van der Waals surface area contributed by atoms with Gasteiger partial charge in [-0.25, -0.2) is 9.78 Å². The molecule has 2 heterocycles. The number of halogens is 2. The number of nitrogens with zero attached hydrogens (tertiary/aromatic N) is 1. The van der Waals surface area contributed by atoms with Gasteiger partial charge in [-0.15, -0.1) is 24.8 Å². The van der Waals surface area contributed by atoms with E-state index in [4.69, 9.17) is 4.74 Å². The highest BCUT2D eigenvalue weighted by Gasteiger charge is 2.16. The van der Waals surface area contributed by atoms with Gasteiger partial charge in [0.15, 0.2) is 0 Å². The molecule has 8 heteroatoms. The summed E-state index contributed by atoms with van der Waals surface area (Å²) in [5.41, 5.74) is 0.459. The first kappa shape index (κ1) is 22.8. The van der Waals surface area contributed by atoms with Crippen molar-refractivity contribution in [3.8, 4) is 0 Å². The molecule has 0 bridgehead atoms. The smallest absolute Gasteiger partial charge is 0.413 e. The number of hydrogen-bond acceptors (Lipinski definition) is 5. The first-order valence-electron chi connectivity index (χ1n) is 7.86. The van der Waals surface area contributed by atoms with Crippen molar-refractivity contribution in [2.45, 2.75) is 51.7 Å². The van der Waals surface area contributed by atoms with Gasteiger partial charge >= 0.3 is 6.09 Å². The summed E-state index contributed by atoms with van der Waals surface area (Å²) in [6.07, 6.45) is 4.70. The van der Waals surface area contributed by atoms with Gasteiger partial charge in [0.25, 0.3) is 0 Å². The molecule has 0 radical (unpaired) electrons. The average molecular weight is 379 g/mol. The third-order valence-electron chi connectivity index (χ3n) is 3.34. The van der Waals surface area contributed by atoms with Crippen molar-refractivity contribution in [2.24, 2.45) is 0 Å². The van der Waals surface area contributed by atoms with E-state index in [9.17, 15) is 4.79 Å². The maximum absolute atomic E-state index is 11.7. The lowest BCUT2D eigenvalue weighted by Gasteiger charge is -2.20. The Bertz CT molecular complexity index is 484. The van der Waals surface area contributed by atoms with E-state index in [0.717, 1.165) is 31.6 Å². The summed E-state index contributed by atoms with van der Waals surface area (Å²) in [5, 5.41) is 9.52. The Kier molecular flexibility index (Phi) is 10.0. The Labute approximate surface area is 156 Å². The molecule has 1 unspecified atom stereocenters. The number of pyridine rings is 1. The molecule has 0 saturated carbocycles. The van der Waals surface area contributed by atoms with Gasteiger partial charge in [-0.05, 0) is 65.3 Å². The first-order chi connectivity index (χ1) is 10.4. The van der Waals surface area contributed by atoms with Crippen LogP contribution in [0, 0.1) is 0 Å². The molecule has 138 valence electrons. The topological polar surface area (TPSA) is 75.3 Å². The highest BCUT2D eigenvalue weighted by molar-refractivity contribution is 5.85. The number of carbonyl (C=O) groups excluding carboxylic acids is 1. The van der Waals surface area contributed by atoms with Gasteiger partial charge in [-0.3, -0.25) is 5.32 Å². The van der Waals surface area contributed by atoms with Crippen molar-refractivity contribution in [3.05, 3.63) is 18.3 Å². The predicted molar refractivity (Wildman–Crippen MR) is 103 cm³/mol. The molecule has 1 aromatic rings. The standard InChI is InChI=1S/C16H26N4O2.2ClH/c1-16(2,3)22-15(21)20-14-7-6-13(11-18-14)19-12-5-4-9-17-10-8-12;;/h6-7,11-12,17,19H,4-5,8-10H2,1-3H3,(H,18,20,21);2*1H. The van der Waals surface area contributed by atoms with E-state index in [1.54, 1.807) is 12.3 Å². The number of aromatic nitrogens is 1. The third kappa shape index (κ3) is 8.57. The number of anilines is 2. The number of carbonyl (C=O) groups is 1. The van der Waals surface area contributed by atoms with Crippen molar-refractivity contribution in [2.75, 3.05) is 23.7 Å². The molecule has 2 rings (SSSR count). The summed E-state index contributed by atoms with van der Waals surface area (Å²) >= 11 is 0. The van der Waals surface area contributed by atoms with E-state index in [0.29, 0.717) is 11.9 Å². The quantitative estimate of drug-likeness (QED) is 0.744. The minimum atomic E-state index is -0.515. The maximum Gasteiger partial charge on any atom is 0.413 e. The van der Waals surface area contributed by atoms with Crippen molar-refractivity contribution in [1.82, 2.24) is 10.3 Å². The number of amides is 1. The maximum atomic E-state index is 11.7. The first-order valence-corrected chi connectivity index (χ1v) is 7.86. The fourth-order valence-corrected chi connectivity index (χ4v) is 2.36. The van der Waals surface area contributed by atoms with Gasteiger partial charge in [0.2, 0.25) is 0 Å². The second-order valence-electron chi connectivity index (χ2n) is 6.58.